The summed E-state index contributed by atoms with van der Waals surface area (Å²) < 4.78 is 21.5. The predicted octanol–water partition coefficient (Wildman–Crippen LogP) is 4.57. The molecule has 3 rings (SSSR count). The van der Waals surface area contributed by atoms with Gasteiger partial charge in [-0.1, -0.05) is 18.2 Å². The number of carbonyl (C=O) groups excluding carboxylic acids is 1. The quantitative estimate of drug-likeness (QED) is 0.324. The summed E-state index contributed by atoms with van der Waals surface area (Å²) in [6, 6.07) is 10.5. The molecule has 0 amide bonds. The fourth-order valence-electron chi connectivity index (χ4n) is 3.07. The Kier molecular flexibility index (Phi) is 6.57. The highest BCUT2D eigenvalue weighted by Gasteiger charge is 2.11. The Bertz CT molecular complexity index is 1160. The fourth-order valence-corrected chi connectivity index (χ4v) is 3.07. The van der Waals surface area contributed by atoms with Crippen molar-refractivity contribution in [3.63, 3.8) is 0 Å². The van der Waals surface area contributed by atoms with E-state index in [0.29, 0.717) is 29.3 Å². The van der Waals surface area contributed by atoms with Gasteiger partial charge in [-0.3, -0.25) is 0 Å². The van der Waals surface area contributed by atoms with E-state index in [9.17, 15) is 9.59 Å². The molecule has 0 N–H and O–H groups in total. The monoisotopic (exact) mass is 408 g/mol. The number of aryl methyl sites for hydroxylation is 2. The zero-order chi connectivity index (χ0) is 21.7. The molecule has 0 saturated carbocycles. The van der Waals surface area contributed by atoms with Gasteiger partial charge in [0.05, 0.1) is 13.7 Å². The molecule has 0 spiro atoms. The molecule has 0 bridgehead atoms. The topological polar surface area (TPSA) is 75.0 Å². The molecule has 0 aliphatic rings. The van der Waals surface area contributed by atoms with Gasteiger partial charge in [-0.25, -0.2) is 9.59 Å². The summed E-state index contributed by atoms with van der Waals surface area (Å²) in [6.07, 6.45) is 2.97. The van der Waals surface area contributed by atoms with Gasteiger partial charge in [0.25, 0.3) is 0 Å². The molecule has 0 radical (unpaired) electrons. The number of hydrogen-bond donors (Lipinski definition) is 0. The molecule has 6 heteroatoms. The van der Waals surface area contributed by atoms with Crippen molar-refractivity contribution in [3.05, 3.63) is 75.1 Å². The summed E-state index contributed by atoms with van der Waals surface area (Å²) in [5.74, 6) is 0.703. The molecule has 30 heavy (non-hydrogen) atoms. The minimum atomic E-state index is -0.519. The van der Waals surface area contributed by atoms with E-state index in [1.807, 2.05) is 39.0 Å². The van der Waals surface area contributed by atoms with Crippen molar-refractivity contribution < 1.29 is 23.4 Å². The van der Waals surface area contributed by atoms with E-state index in [-0.39, 0.29) is 6.61 Å². The molecule has 0 atom stereocenters. The maximum absolute atomic E-state index is 12.2. The maximum atomic E-state index is 12.2. The lowest BCUT2D eigenvalue weighted by atomic mass is 10.0. The number of rotatable bonds is 7. The van der Waals surface area contributed by atoms with Gasteiger partial charge in [0.2, 0.25) is 0 Å². The third kappa shape index (κ3) is 4.71. The van der Waals surface area contributed by atoms with Crippen LogP contribution in [0.1, 0.15) is 29.2 Å². The molecule has 0 aliphatic carbocycles. The van der Waals surface area contributed by atoms with Crippen LogP contribution in [0.4, 0.5) is 0 Å². The highest BCUT2D eigenvalue weighted by atomic mass is 16.5. The van der Waals surface area contributed by atoms with Crippen molar-refractivity contribution in [1.82, 2.24) is 0 Å². The third-order valence-electron chi connectivity index (χ3n) is 4.79. The standard InChI is InChI=1S/C24H24O6/c1-5-28-21-12-17(7-10-20(21)27-4)8-11-22(25)29-14-18-13-23(26)30-24-16(3)15(2)6-9-19(18)24/h6-13H,5,14H2,1-4H3/b11-8+. The molecule has 0 fully saturated rings. The van der Waals surface area contributed by atoms with Crippen LogP contribution < -0.4 is 15.1 Å². The van der Waals surface area contributed by atoms with Gasteiger partial charge >= 0.3 is 11.6 Å². The van der Waals surface area contributed by atoms with Crippen LogP contribution in [-0.2, 0) is 16.1 Å². The zero-order valence-electron chi connectivity index (χ0n) is 17.5. The van der Waals surface area contributed by atoms with Crippen molar-refractivity contribution in [2.45, 2.75) is 27.4 Å². The van der Waals surface area contributed by atoms with E-state index in [2.05, 4.69) is 0 Å². The third-order valence-corrected chi connectivity index (χ3v) is 4.79. The average Bonchev–Trinajstić information content (AvgIpc) is 2.74. The Labute approximate surface area is 174 Å². The minimum absolute atomic E-state index is 0.0272. The second-order valence-electron chi connectivity index (χ2n) is 6.76. The number of benzene rings is 2. The largest absolute Gasteiger partial charge is 0.493 e. The second-order valence-corrected chi connectivity index (χ2v) is 6.76. The van der Waals surface area contributed by atoms with Crippen LogP contribution in [0.5, 0.6) is 11.5 Å². The molecule has 0 saturated heterocycles. The van der Waals surface area contributed by atoms with Gasteiger partial charge in [-0.15, -0.1) is 0 Å². The van der Waals surface area contributed by atoms with Crippen LogP contribution in [0.25, 0.3) is 17.0 Å². The van der Waals surface area contributed by atoms with Crippen molar-refractivity contribution in [1.29, 1.82) is 0 Å². The van der Waals surface area contributed by atoms with Crippen molar-refractivity contribution >= 4 is 23.0 Å². The first-order chi connectivity index (χ1) is 14.4. The van der Waals surface area contributed by atoms with Gasteiger partial charge in [0, 0.05) is 23.1 Å². The van der Waals surface area contributed by atoms with Gasteiger partial charge < -0.3 is 18.6 Å². The molecular formula is C24H24O6. The normalized spacial score (nSPS) is 11.1. The summed E-state index contributed by atoms with van der Waals surface area (Å²) >= 11 is 0. The van der Waals surface area contributed by atoms with E-state index < -0.39 is 11.6 Å². The van der Waals surface area contributed by atoms with Crippen molar-refractivity contribution in [3.8, 4) is 11.5 Å². The van der Waals surface area contributed by atoms with Crippen molar-refractivity contribution in [2.75, 3.05) is 13.7 Å². The van der Waals surface area contributed by atoms with Gasteiger partial charge in [0.1, 0.15) is 12.2 Å². The highest BCUT2D eigenvalue weighted by molar-refractivity contribution is 5.88. The first-order valence-electron chi connectivity index (χ1n) is 9.61. The second kappa shape index (κ2) is 9.31. The maximum Gasteiger partial charge on any atom is 0.336 e. The summed E-state index contributed by atoms with van der Waals surface area (Å²) in [5, 5.41) is 0.756. The van der Waals surface area contributed by atoms with E-state index in [0.717, 1.165) is 22.1 Å². The smallest absolute Gasteiger partial charge is 0.336 e. The molecule has 0 aliphatic heterocycles. The number of methoxy groups -OCH3 is 1. The number of fused-ring (bicyclic) bond motifs is 1. The molecule has 156 valence electrons. The zero-order valence-corrected chi connectivity index (χ0v) is 17.5. The first kappa shape index (κ1) is 21.2. The van der Waals surface area contributed by atoms with Gasteiger partial charge in [0.15, 0.2) is 11.5 Å². The van der Waals surface area contributed by atoms with Crippen LogP contribution in [0.3, 0.4) is 0 Å². The summed E-state index contributed by atoms with van der Waals surface area (Å²) in [6.45, 7) is 6.20. The van der Waals surface area contributed by atoms with Crippen LogP contribution in [0, 0.1) is 13.8 Å². The summed E-state index contributed by atoms with van der Waals surface area (Å²) in [7, 11) is 1.57. The Balaban J connectivity index is 1.74. The molecule has 1 aromatic heterocycles. The van der Waals surface area contributed by atoms with Crippen LogP contribution in [0.15, 0.2) is 51.7 Å². The number of hydrogen-bond acceptors (Lipinski definition) is 6. The lowest BCUT2D eigenvalue weighted by Crippen LogP contribution is -2.06. The van der Waals surface area contributed by atoms with Crippen LogP contribution in [0.2, 0.25) is 0 Å². The number of carbonyl (C=O) groups is 1. The molecule has 1 heterocycles. The minimum Gasteiger partial charge on any atom is -0.493 e. The SMILES string of the molecule is CCOc1cc(/C=C/C(=O)OCc2cc(=O)oc3c(C)c(C)ccc23)ccc1OC. The summed E-state index contributed by atoms with van der Waals surface area (Å²) in [4.78, 5) is 24.1. The first-order valence-corrected chi connectivity index (χ1v) is 9.61. The Morgan fingerprint density at radius 1 is 1.10 bits per heavy atom. The average molecular weight is 408 g/mol. The van der Waals surface area contributed by atoms with Crippen LogP contribution >= 0.6 is 0 Å². The lowest BCUT2D eigenvalue weighted by Gasteiger charge is -2.10. The Morgan fingerprint density at radius 2 is 1.90 bits per heavy atom. The van der Waals surface area contributed by atoms with E-state index in [1.165, 1.54) is 12.1 Å². The number of esters is 1. The van der Waals surface area contributed by atoms with Crippen LogP contribution in [-0.4, -0.2) is 19.7 Å². The molecule has 0 unspecified atom stereocenters. The molecule has 2 aromatic carbocycles. The number of ether oxygens (including phenoxy) is 3. The van der Waals surface area contributed by atoms with E-state index >= 15 is 0 Å². The van der Waals surface area contributed by atoms with E-state index in [4.69, 9.17) is 18.6 Å². The molecule has 6 nitrogen and oxygen atoms in total. The van der Waals surface area contributed by atoms with Crippen molar-refractivity contribution in [2.24, 2.45) is 0 Å². The highest BCUT2D eigenvalue weighted by Crippen LogP contribution is 2.28. The lowest BCUT2D eigenvalue weighted by molar-refractivity contribution is -0.138. The predicted molar refractivity (Wildman–Crippen MR) is 115 cm³/mol. The molecular weight excluding hydrogens is 384 g/mol. The molecule has 3 aromatic rings. The Morgan fingerprint density at radius 3 is 2.63 bits per heavy atom. The summed E-state index contributed by atoms with van der Waals surface area (Å²) in [5.41, 5.74) is 3.34. The Hall–Kier alpha value is -3.54. The van der Waals surface area contributed by atoms with Gasteiger partial charge in [-0.2, -0.15) is 0 Å². The van der Waals surface area contributed by atoms with E-state index in [1.54, 1.807) is 25.3 Å². The fraction of sp³-hybridized carbons (Fsp3) is 0.250. The van der Waals surface area contributed by atoms with Gasteiger partial charge in [-0.05, 0) is 55.7 Å².